The molecule has 0 aliphatic carbocycles. The molecule has 2 aliphatic heterocycles. The molecule has 0 bridgehead atoms. The molecule has 6 heteroatoms. The predicted octanol–water partition coefficient (Wildman–Crippen LogP) is 3.65. The summed E-state index contributed by atoms with van der Waals surface area (Å²) in [5.41, 5.74) is 4.60. The standard InChI is InChI=1S/C25H29N5O/c1-19-26-12-15-30(19)22-8-6-20(7-9-22)18-29-13-10-25(11-14-29)16-24(31)27-17-21-4-2-3-5-23(21)28-25/h2-9,12,15,28H,10-11,13-14,16-18H2,1H3,(H,27,31). The van der Waals surface area contributed by atoms with Crippen molar-refractivity contribution in [2.24, 2.45) is 0 Å². The van der Waals surface area contributed by atoms with Crippen molar-refractivity contribution in [3.8, 4) is 5.69 Å². The Morgan fingerprint density at radius 2 is 1.84 bits per heavy atom. The third kappa shape index (κ3) is 4.21. The molecule has 0 atom stereocenters. The van der Waals surface area contributed by atoms with Crippen LogP contribution >= 0.6 is 0 Å². The minimum absolute atomic E-state index is 0.140. The average Bonchev–Trinajstić information content (AvgIpc) is 3.20. The molecular weight excluding hydrogens is 386 g/mol. The number of nitrogens with one attached hydrogen (secondary N) is 2. The number of anilines is 1. The van der Waals surface area contributed by atoms with E-state index in [9.17, 15) is 4.79 Å². The molecule has 1 saturated heterocycles. The summed E-state index contributed by atoms with van der Waals surface area (Å²) in [7, 11) is 0. The van der Waals surface area contributed by atoms with Crippen molar-refractivity contribution in [1.82, 2.24) is 19.8 Å². The van der Waals surface area contributed by atoms with Crippen LogP contribution in [0.4, 0.5) is 5.69 Å². The van der Waals surface area contributed by atoms with E-state index in [0.717, 1.165) is 55.2 Å². The number of amides is 1. The smallest absolute Gasteiger partial charge is 0.222 e. The fraction of sp³-hybridized carbons (Fsp3) is 0.360. The van der Waals surface area contributed by atoms with Crippen molar-refractivity contribution in [2.45, 2.75) is 44.8 Å². The molecule has 2 aromatic carbocycles. The zero-order valence-electron chi connectivity index (χ0n) is 18.0. The Balaban J connectivity index is 1.25. The van der Waals surface area contributed by atoms with Crippen LogP contribution in [0, 0.1) is 6.92 Å². The van der Waals surface area contributed by atoms with Gasteiger partial charge in [-0.25, -0.2) is 4.98 Å². The summed E-state index contributed by atoms with van der Waals surface area (Å²) in [6.07, 6.45) is 6.27. The third-order valence-electron chi connectivity index (χ3n) is 6.65. The van der Waals surface area contributed by atoms with E-state index in [4.69, 9.17) is 0 Å². The lowest BCUT2D eigenvalue weighted by molar-refractivity contribution is -0.122. The maximum atomic E-state index is 12.5. The van der Waals surface area contributed by atoms with E-state index >= 15 is 0 Å². The van der Waals surface area contributed by atoms with E-state index < -0.39 is 0 Å². The highest BCUT2D eigenvalue weighted by Gasteiger charge is 2.37. The van der Waals surface area contributed by atoms with Crippen LogP contribution in [0.25, 0.3) is 5.69 Å². The van der Waals surface area contributed by atoms with Gasteiger partial charge >= 0.3 is 0 Å². The van der Waals surface area contributed by atoms with Crippen molar-refractivity contribution >= 4 is 11.6 Å². The van der Waals surface area contributed by atoms with E-state index in [1.54, 1.807) is 0 Å². The van der Waals surface area contributed by atoms with Gasteiger partial charge in [0, 0.05) is 61.9 Å². The number of aryl methyl sites for hydroxylation is 1. The first-order valence-electron chi connectivity index (χ1n) is 11.0. The number of para-hydroxylation sites is 1. The van der Waals surface area contributed by atoms with Gasteiger partial charge < -0.3 is 15.2 Å². The van der Waals surface area contributed by atoms with Crippen molar-refractivity contribution in [3.63, 3.8) is 0 Å². The number of piperidine rings is 1. The molecule has 0 radical (unpaired) electrons. The Morgan fingerprint density at radius 1 is 1.06 bits per heavy atom. The zero-order valence-corrected chi connectivity index (χ0v) is 18.0. The predicted molar refractivity (Wildman–Crippen MR) is 122 cm³/mol. The van der Waals surface area contributed by atoms with Gasteiger partial charge in [-0.05, 0) is 49.1 Å². The molecule has 31 heavy (non-hydrogen) atoms. The minimum atomic E-state index is -0.167. The Kier molecular flexibility index (Phi) is 5.24. The molecule has 2 aliphatic rings. The molecule has 3 aromatic rings. The lowest BCUT2D eigenvalue weighted by Gasteiger charge is -2.44. The van der Waals surface area contributed by atoms with Crippen LogP contribution in [0.3, 0.4) is 0 Å². The Bertz CT molecular complexity index is 1060. The Hall–Kier alpha value is -3.12. The number of carbonyl (C=O) groups is 1. The van der Waals surface area contributed by atoms with E-state index in [2.05, 4.69) is 67.5 Å². The van der Waals surface area contributed by atoms with Gasteiger partial charge in [0.2, 0.25) is 5.91 Å². The maximum absolute atomic E-state index is 12.5. The summed E-state index contributed by atoms with van der Waals surface area (Å²) in [5.74, 6) is 1.13. The van der Waals surface area contributed by atoms with Crippen molar-refractivity contribution < 1.29 is 4.79 Å². The zero-order chi connectivity index (χ0) is 21.3. The fourth-order valence-electron chi connectivity index (χ4n) is 4.80. The van der Waals surface area contributed by atoms with Crippen LogP contribution in [0.1, 0.15) is 36.2 Å². The minimum Gasteiger partial charge on any atom is -0.379 e. The molecular formula is C25H29N5O. The summed E-state index contributed by atoms with van der Waals surface area (Å²) >= 11 is 0. The summed E-state index contributed by atoms with van der Waals surface area (Å²) < 4.78 is 2.09. The van der Waals surface area contributed by atoms with Gasteiger partial charge in [-0.15, -0.1) is 0 Å². The molecule has 3 heterocycles. The van der Waals surface area contributed by atoms with Gasteiger partial charge in [0.25, 0.3) is 0 Å². The first kappa shape index (κ1) is 19.8. The number of fused-ring (bicyclic) bond motifs is 1. The van der Waals surface area contributed by atoms with E-state index in [1.165, 1.54) is 5.56 Å². The molecule has 6 nitrogen and oxygen atoms in total. The van der Waals surface area contributed by atoms with Crippen LogP contribution in [0.2, 0.25) is 0 Å². The second-order valence-electron chi connectivity index (χ2n) is 8.80. The number of hydrogen-bond donors (Lipinski definition) is 2. The Morgan fingerprint density at radius 3 is 2.58 bits per heavy atom. The van der Waals surface area contributed by atoms with Crippen LogP contribution < -0.4 is 10.6 Å². The number of aromatic nitrogens is 2. The monoisotopic (exact) mass is 415 g/mol. The molecule has 1 aromatic heterocycles. The van der Waals surface area contributed by atoms with Crippen molar-refractivity contribution in [2.75, 3.05) is 18.4 Å². The van der Waals surface area contributed by atoms with Crippen LogP contribution in [0.5, 0.6) is 0 Å². The van der Waals surface area contributed by atoms with Gasteiger partial charge in [0.15, 0.2) is 0 Å². The van der Waals surface area contributed by atoms with Crippen molar-refractivity contribution in [3.05, 3.63) is 77.9 Å². The molecule has 0 saturated carbocycles. The van der Waals surface area contributed by atoms with E-state index in [0.29, 0.717) is 13.0 Å². The molecule has 1 spiro atoms. The van der Waals surface area contributed by atoms with Gasteiger partial charge in [0.05, 0.1) is 0 Å². The van der Waals surface area contributed by atoms with E-state index in [-0.39, 0.29) is 11.4 Å². The molecule has 2 N–H and O–H groups in total. The topological polar surface area (TPSA) is 62.2 Å². The van der Waals surface area contributed by atoms with Gasteiger partial charge in [-0.3, -0.25) is 9.69 Å². The normalized spacial score (nSPS) is 18.5. The first-order chi connectivity index (χ1) is 15.1. The summed E-state index contributed by atoms with van der Waals surface area (Å²) in [5, 5.41) is 6.85. The van der Waals surface area contributed by atoms with Crippen LogP contribution in [-0.4, -0.2) is 39.0 Å². The molecule has 1 amide bonds. The second kappa shape index (κ2) is 8.19. The first-order valence-corrected chi connectivity index (χ1v) is 11.0. The quantitative estimate of drug-likeness (QED) is 0.686. The summed E-state index contributed by atoms with van der Waals surface area (Å²) in [6.45, 7) is 5.50. The number of rotatable bonds is 3. The molecule has 0 unspecified atom stereocenters. The molecule has 160 valence electrons. The average molecular weight is 416 g/mol. The SMILES string of the molecule is Cc1nccn1-c1ccc(CN2CCC3(CC2)CC(=O)NCc2ccccc2N3)cc1. The largest absolute Gasteiger partial charge is 0.379 e. The van der Waals surface area contributed by atoms with Gasteiger partial charge in [-0.1, -0.05) is 30.3 Å². The summed E-state index contributed by atoms with van der Waals surface area (Å²) in [6, 6.07) is 17.0. The highest BCUT2D eigenvalue weighted by atomic mass is 16.1. The lowest BCUT2D eigenvalue weighted by atomic mass is 9.82. The number of benzene rings is 2. The summed E-state index contributed by atoms with van der Waals surface area (Å²) in [4.78, 5) is 19.3. The molecule has 5 rings (SSSR count). The maximum Gasteiger partial charge on any atom is 0.222 e. The van der Waals surface area contributed by atoms with Crippen molar-refractivity contribution in [1.29, 1.82) is 0 Å². The van der Waals surface area contributed by atoms with Gasteiger partial charge in [-0.2, -0.15) is 0 Å². The number of carbonyl (C=O) groups excluding carboxylic acids is 1. The third-order valence-corrected chi connectivity index (χ3v) is 6.65. The number of hydrogen-bond acceptors (Lipinski definition) is 4. The van der Waals surface area contributed by atoms with Crippen LogP contribution in [-0.2, 0) is 17.9 Å². The Labute approximate surface area is 183 Å². The van der Waals surface area contributed by atoms with E-state index in [1.807, 2.05) is 25.4 Å². The van der Waals surface area contributed by atoms with Crippen LogP contribution in [0.15, 0.2) is 60.9 Å². The molecule has 1 fully saturated rings. The number of imidazole rings is 1. The highest BCUT2D eigenvalue weighted by Crippen LogP contribution is 2.33. The lowest BCUT2D eigenvalue weighted by Crippen LogP contribution is -2.52. The number of likely N-dealkylation sites (tertiary alicyclic amines) is 1. The fourth-order valence-corrected chi connectivity index (χ4v) is 4.80. The highest BCUT2D eigenvalue weighted by molar-refractivity contribution is 5.79. The number of nitrogens with zero attached hydrogens (tertiary/aromatic N) is 3. The second-order valence-corrected chi connectivity index (χ2v) is 8.80. The van der Waals surface area contributed by atoms with Gasteiger partial charge in [0.1, 0.15) is 5.82 Å².